The van der Waals surface area contributed by atoms with Crippen molar-refractivity contribution in [3.8, 4) is 11.5 Å². The molecule has 0 bridgehead atoms. The first-order valence-corrected chi connectivity index (χ1v) is 4.62. The molecule has 0 aliphatic carbocycles. The van der Waals surface area contributed by atoms with Crippen molar-refractivity contribution in [1.29, 1.82) is 0 Å². The van der Waals surface area contributed by atoms with Crippen LogP contribution in [0.25, 0.3) is 0 Å². The monoisotopic (exact) mass is 214 g/mol. The molecular weight excluding hydrogens is 204 g/mol. The number of carbonyl (C=O) groups is 1. The number of methoxy groups -OCH3 is 1. The Morgan fingerprint density at radius 2 is 2.14 bits per heavy atom. The number of hydrogen-bond acceptors (Lipinski definition) is 3. The quantitative estimate of drug-likeness (QED) is 0.439. The molecule has 3 nitrogen and oxygen atoms in total. The molecule has 0 fully saturated rings. The molecule has 0 aromatic heterocycles. The van der Waals surface area contributed by atoms with Crippen LogP contribution in [-0.4, -0.2) is 19.0 Å². The summed E-state index contributed by atoms with van der Waals surface area (Å²) in [4.78, 5) is 10.9. The van der Waals surface area contributed by atoms with Crippen LogP contribution in [0.4, 0.5) is 0 Å². The van der Waals surface area contributed by atoms with Gasteiger partial charge in [-0.2, -0.15) is 0 Å². The normalized spacial score (nSPS) is 9.64. The Kier molecular flexibility index (Phi) is 3.77. The average Bonchev–Trinajstić information content (AvgIpc) is 2.20. The first-order chi connectivity index (χ1) is 6.67. The molecule has 0 amide bonds. The molecule has 0 N–H and O–H groups in total. The minimum atomic E-state index is -0.492. The van der Waals surface area contributed by atoms with Crippen LogP contribution in [0.3, 0.4) is 0 Å². The van der Waals surface area contributed by atoms with Gasteiger partial charge in [-0.05, 0) is 24.6 Å². The molecule has 1 rings (SSSR count). The van der Waals surface area contributed by atoms with E-state index in [1.54, 1.807) is 12.1 Å². The van der Waals surface area contributed by atoms with E-state index < -0.39 is 5.97 Å². The largest absolute Gasteiger partial charge is 0.493 e. The number of aryl methyl sites for hydroxylation is 1. The molecular formula is C10H11ClO3. The maximum Gasteiger partial charge on any atom is 0.326 e. The summed E-state index contributed by atoms with van der Waals surface area (Å²) < 4.78 is 10.00. The minimum Gasteiger partial charge on any atom is -0.493 e. The topological polar surface area (TPSA) is 35.5 Å². The number of rotatable bonds is 3. The fourth-order valence-corrected chi connectivity index (χ4v) is 1.06. The molecule has 0 spiro atoms. The minimum absolute atomic E-state index is 0.170. The Balaban J connectivity index is 2.90. The summed E-state index contributed by atoms with van der Waals surface area (Å²) in [6, 6.07) is 5.30. The number of ether oxygens (including phenoxy) is 2. The van der Waals surface area contributed by atoms with E-state index in [-0.39, 0.29) is 5.88 Å². The summed E-state index contributed by atoms with van der Waals surface area (Å²) in [5.74, 6) is 0.262. The van der Waals surface area contributed by atoms with Crippen molar-refractivity contribution in [3.63, 3.8) is 0 Å². The average molecular weight is 215 g/mol. The summed E-state index contributed by atoms with van der Waals surface area (Å²) in [7, 11) is 1.52. The Bertz CT molecular complexity index is 336. The highest BCUT2D eigenvalue weighted by Gasteiger charge is 2.08. The Hall–Kier alpha value is -1.22. The van der Waals surface area contributed by atoms with E-state index >= 15 is 0 Å². The highest BCUT2D eigenvalue weighted by Crippen LogP contribution is 2.27. The van der Waals surface area contributed by atoms with Gasteiger partial charge in [0.1, 0.15) is 5.88 Å². The van der Waals surface area contributed by atoms with Gasteiger partial charge in [-0.25, -0.2) is 0 Å². The van der Waals surface area contributed by atoms with Crippen LogP contribution in [0.1, 0.15) is 5.56 Å². The third-order valence-electron chi connectivity index (χ3n) is 1.65. The maximum absolute atomic E-state index is 10.9. The van der Waals surface area contributed by atoms with Crippen LogP contribution in [0.2, 0.25) is 0 Å². The van der Waals surface area contributed by atoms with Gasteiger partial charge < -0.3 is 9.47 Å². The van der Waals surface area contributed by atoms with Crippen molar-refractivity contribution >= 4 is 17.6 Å². The number of carbonyl (C=O) groups excluding carboxylic acids is 1. The zero-order chi connectivity index (χ0) is 10.6. The van der Waals surface area contributed by atoms with Crippen LogP contribution < -0.4 is 9.47 Å². The Morgan fingerprint density at radius 3 is 2.71 bits per heavy atom. The Labute approximate surface area is 87.6 Å². The SMILES string of the molecule is COc1cc(C)ccc1OC(=O)CCl. The fraction of sp³-hybridized carbons (Fsp3) is 0.300. The van der Waals surface area contributed by atoms with Gasteiger partial charge in [0.25, 0.3) is 0 Å². The lowest BCUT2D eigenvalue weighted by atomic mass is 10.2. The van der Waals surface area contributed by atoms with Gasteiger partial charge >= 0.3 is 5.97 Å². The molecule has 76 valence electrons. The molecule has 0 atom stereocenters. The number of hydrogen-bond donors (Lipinski definition) is 0. The first-order valence-electron chi connectivity index (χ1n) is 4.08. The molecule has 0 heterocycles. The Morgan fingerprint density at radius 1 is 1.43 bits per heavy atom. The summed E-state index contributed by atoms with van der Waals surface area (Å²) in [5, 5.41) is 0. The standard InChI is InChI=1S/C10H11ClO3/c1-7-3-4-8(9(5-7)13-2)14-10(12)6-11/h3-5H,6H2,1-2H3. The van der Waals surface area contributed by atoms with Crippen LogP contribution in [-0.2, 0) is 4.79 Å². The van der Waals surface area contributed by atoms with Crippen molar-refractivity contribution in [1.82, 2.24) is 0 Å². The van der Waals surface area contributed by atoms with Crippen LogP contribution in [0, 0.1) is 6.92 Å². The van der Waals surface area contributed by atoms with E-state index in [9.17, 15) is 4.79 Å². The lowest BCUT2D eigenvalue weighted by molar-refractivity contribution is -0.131. The van der Waals surface area contributed by atoms with Crippen LogP contribution in [0.5, 0.6) is 11.5 Å². The second-order valence-corrected chi connectivity index (χ2v) is 3.03. The highest BCUT2D eigenvalue weighted by atomic mass is 35.5. The van der Waals surface area contributed by atoms with E-state index in [2.05, 4.69) is 0 Å². The van der Waals surface area contributed by atoms with E-state index in [1.165, 1.54) is 7.11 Å². The van der Waals surface area contributed by atoms with Crippen molar-refractivity contribution in [2.75, 3.05) is 13.0 Å². The zero-order valence-corrected chi connectivity index (χ0v) is 8.80. The smallest absolute Gasteiger partial charge is 0.326 e. The number of halogens is 1. The third-order valence-corrected chi connectivity index (χ3v) is 1.87. The van der Waals surface area contributed by atoms with E-state index in [1.807, 2.05) is 13.0 Å². The molecule has 0 aliphatic rings. The van der Waals surface area contributed by atoms with Gasteiger partial charge in [-0.15, -0.1) is 11.6 Å². The molecule has 0 saturated carbocycles. The molecule has 4 heteroatoms. The second-order valence-electron chi connectivity index (χ2n) is 2.76. The van der Waals surface area contributed by atoms with Gasteiger partial charge in [-0.1, -0.05) is 6.07 Å². The van der Waals surface area contributed by atoms with E-state index in [0.29, 0.717) is 11.5 Å². The lowest BCUT2D eigenvalue weighted by Crippen LogP contribution is -2.09. The highest BCUT2D eigenvalue weighted by molar-refractivity contribution is 6.26. The lowest BCUT2D eigenvalue weighted by Gasteiger charge is -2.08. The molecule has 1 aromatic carbocycles. The van der Waals surface area contributed by atoms with Crippen molar-refractivity contribution in [2.24, 2.45) is 0 Å². The molecule has 0 aliphatic heterocycles. The molecule has 0 unspecified atom stereocenters. The molecule has 0 radical (unpaired) electrons. The van der Waals surface area contributed by atoms with Crippen molar-refractivity contribution < 1.29 is 14.3 Å². The van der Waals surface area contributed by atoms with Crippen molar-refractivity contribution in [2.45, 2.75) is 6.92 Å². The maximum atomic E-state index is 10.9. The van der Waals surface area contributed by atoms with Gasteiger partial charge in [0, 0.05) is 0 Å². The van der Waals surface area contributed by atoms with Gasteiger partial charge in [-0.3, -0.25) is 4.79 Å². The predicted molar refractivity (Wildman–Crippen MR) is 54.1 cm³/mol. The predicted octanol–water partition coefficient (Wildman–Crippen LogP) is 2.15. The second kappa shape index (κ2) is 4.86. The third kappa shape index (κ3) is 2.64. The number of esters is 1. The van der Waals surface area contributed by atoms with Gasteiger partial charge in [0.15, 0.2) is 11.5 Å². The summed E-state index contributed by atoms with van der Waals surface area (Å²) in [6.07, 6.45) is 0. The molecule has 14 heavy (non-hydrogen) atoms. The molecule has 0 saturated heterocycles. The van der Waals surface area contributed by atoms with Crippen LogP contribution in [0.15, 0.2) is 18.2 Å². The summed E-state index contributed by atoms with van der Waals surface area (Å²) in [6.45, 7) is 1.93. The summed E-state index contributed by atoms with van der Waals surface area (Å²) in [5.41, 5.74) is 1.03. The van der Waals surface area contributed by atoms with Gasteiger partial charge in [0.05, 0.1) is 7.11 Å². The number of alkyl halides is 1. The van der Waals surface area contributed by atoms with E-state index in [4.69, 9.17) is 21.1 Å². The van der Waals surface area contributed by atoms with Gasteiger partial charge in [0.2, 0.25) is 0 Å². The van der Waals surface area contributed by atoms with E-state index in [0.717, 1.165) is 5.56 Å². The zero-order valence-electron chi connectivity index (χ0n) is 8.04. The van der Waals surface area contributed by atoms with Crippen molar-refractivity contribution in [3.05, 3.63) is 23.8 Å². The fourth-order valence-electron chi connectivity index (χ4n) is 1.01. The molecule has 1 aromatic rings. The number of benzene rings is 1. The van der Waals surface area contributed by atoms with Crippen LogP contribution >= 0.6 is 11.6 Å². The summed E-state index contributed by atoms with van der Waals surface area (Å²) >= 11 is 5.31. The first kappa shape index (κ1) is 10.9.